The Morgan fingerprint density at radius 2 is 2.33 bits per heavy atom. The van der Waals surface area contributed by atoms with E-state index in [1.165, 1.54) is 0 Å². The molecule has 2 rings (SSSR count). The van der Waals surface area contributed by atoms with E-state index in [9.17, 15) is 9.90 Å². The molecule has 4 heteroatoms. The van der Waals surface area contributed by atoms with Crippen LogP contribution in [0, 0.1) is 0 Å². The van der Waals surface area contributed by atoms with Crippen LogP contribution >= 0.6 is 0 Å². The summed E-state index contributed by atoms with van der Waals surface area (Å²) in [5.41, 5.74) is 2.04. The fourth-order valence-electron chi connectivity index (χ4n) is 2.37. The first-order chi connectivity index (χ1) is 8.72. The molecule has 0 aliphatic carbocycles. The van der Waals surface area contributed by atoms with Gasteiger partial charge in [-0.2, -0.15) is 0 Å². The van der Waals surface area contributed by atoms with Gasteiger partial charge in [-0.3, -0.25) is 4.79 Å². The van der Waals surface area contributed by atoms with Crippen LogP contribution in [0.4, 0.5) is 5.69 Å². The second-order valence-corrected chi connectivity index (χ2v) is 4.42. The van der Waals surface area contributed by atoms with E-state index < -0.39 is 0 Å². The molecule has 0 aromatic heterocycles. The molecule has 0 unspecified atom stereocenters. The third kappa shape index (κ3) is 2.75. The zero-order valence-corrected chi connectivity index (χ0v) is 10.7. The molecule has 0 spiro atoms. The fourth-order valence-corrected chi connectivity index (χ4v) is 2.37. The van der Waals surface area contributed by atoms with Crippen molar-refractivity contribution in [3.05, 3.63) is 23.8 Å². The highest BCUT2D eigenvalue weighted by atomic mass is 16.5. The van der Waals surface area contributed by atoms with Crippen molar-refractivity contribution in [2.24, 2.45) is 0 Å². The molecule has 0 radical (unpaired) electrons. The second-order valence-electron chi connectivity index (χ2n) is 4.42. The van der Waals surface area contributed by atoms with Gasteiger partial charge in [-0.15, -0.1) is 0 Å². The van der Waals surface area contributed by atoms with Crippen molar-refractivity contribution in [2.45, 2.75) is 26.2 Å². The predicted octanol–water partition coefficient (Wildman–Crippen LogP) is 2.10. The molecule has 18 heavy (non-hydrogen) atoms. The van der Waals surface area contributed by atoms with Crippen molar-refractivity contribution in [1.29, 1.82) is 0 Å². The summed E-state index contributed by atoms with van der Waals surface area (Å²) in [4.78, 5) is 13.5. The molecule has 4 nitrogen and oxygen atoms in total. The smallest absolute Gasteiger partial charge is 0.307 e. The van der Waals surface area contributed by atoms with Crippen LogP contribution in [0.5, 0.6) is 5.75 Å². The molecule has 1 heterocycles. The van der Waals surface area contributed by atoms with Crippen LogP contribution in [0.1, 0.15) is 25.3 Å². The number of carbonyl (C=O) groups excluding carboxylic acids is 1. The Kier molecular flexibility index (Phi) is 4.07. The fraction of sp³-hybridized carbons (Fsp3) is 0.500. The van der Waals surface area contributed by atoms with Crippen molar-refractivity contribution in [2.75, 3.05) is 24.6 Å². The maximum atomic E-state index is 11.4. The Morgan fingerprint density at radius 1 is 1.50 bits per heavy atom. The largest absolute Gasteiger partial charge is 0.508 e. The Bertz CT molecular complexity index is 431. The van der Waals surface area contributed by atoms with Crippen LogP contribution in [0.3, 0.4) is 0 Å². The quantitative estimate of drug-likeness (QED) is 0.830. The standard InChI is InChI=1S/C14H19NO3/c1-2-18-14(17)8-10-15-9-4-5-11-12(15)6-3-7-13(11)16/h3,6-7,16H,2,4-5,8-10H2,1H3. The molecule has 1 aliphatic rings. The van der Waals surface area contributed by atoms with Crippen LogP contribution in [0.15, 0.2) is 18.2 Å². The van der Waals surface area contributed by atoms with Gasteiger partial charge in [0.15, 0.2) is 0 Å². The van der Waals surface area contributed by atoms with Gasteiger partial charge in [0.25, 0.3) is 0 Å². The van der Waals surface area contributed by atoms with E-state index in [0.29, 0.717) is 25.3 Å². The van der Waals surface area contributed by atoms with Crippen molar-refractivity contribution in [3.8, 4) is 5.75 Å². The molecule has 1 aromatic carbocycles. The van der Waals surface area contributed by atoms with E-state index >= 15 is 0 Å². The maximum Gasteiger partial charge on any atom is 0.307 e. The number of hydrogen-bond acceptors (Lipinski definition) is 4. The van der Waals surface area contributed by atoms with Gasteiger partial charge in [0.05, 0.1) is 13.0 Å². The lowest BCUT2D eigenvalue weighted by atomic mass is 10.0. The van der Waals surface area contributed by atoms with Crippen molar-refractivity contribution in [1.82, 2.24) is 0 Å². The van der Waals surface area contributed by atoms with Crippen LogP contribution in [0.2, 0.25) is 0 Å². The molecule has 0 saturated heterocycles. The first-order valence-electron chi connectivity index (χ1n) is 6.43. The van der Waals surface area contributed by atoms with Gasteiger partial charge in [-0.25, -0.2) is 0 Å². The lowest BCUT2D eigenvalue weighted by molar-refractivity contribution is -0.142. The second kappa shape index (κ2) is 5.76. The average molecular weight is 249 g/mol. The number of ether oxygens (including phenoxy) is 1. The molecule has 0 amide bonds. The number of nitrogens with zero attached hydrogens (tertiary/aromatic N) is 1. The lowest BCUT2D eigenvalue weighted by Crippen LogP contribution is -2.31. The Morgan fingerprint density at radius 3 is 3.11 bits per heavy atom. The van der Waals surface area contributed by atoms with E-state index in [1.807, 2.05) is 19.1 Å². The summed E-state index contributed by atoms with van der Waals surface area (Å²) in [6.07, 6.45) is 2.30. The Labute approximate surface area is 107 Å². The topological polar surface area (TPSA) is 49.8 Å². The van der Waals surface area contributed by atoms with Crippen molar-refractivity contribution < 1.29 is 14.6 Å². The SMILES string of the molecule is CCOC(=O)CCN1CCCc2c(O)cccc21. The van der Waals surface area contributed by atoms with Gasteiger partial charge in [0.2, 0.25) is 0 Å². The number of benzene rings is 1. The summed E-state index contributed by atoms with van der Waals surface area (Å²) in [5, 5.41) is 9.82. The number of rotatable bonds is 4. The van der Waals surface area contributed by atoms with E-state index in [1.54, 1.807) is 6.07 Å². The van der Waals surface area contributed by atoms with Crippen LogP contribution < -0.4 is 4.90 Å². The highest BCUT2D eigenvalue weighted by Crippen LogP contribution is 2.33. The minimum atomic E-state index is -0.162. The van der Waals surface area contributed by atoms with E-state index in [4.69, 9.17) is 4.74 Å². The lowest BCUT2D eigenvalue weighted by Gasteiger charge is -2.31. The monoisotopic (exact) mass is 249 g/mol. The van der Waals surface area contributed by atoms with Crippen LogP contribution in [-0.2, 0) is 16.0 Å². The molecule has 98 valence electrons. The molecule has 0 fully saturated rings. The van der Waals surface area contributed by atoms with Gasteiger partial charge in [-0.1, -0.05) is 6.07 Å². The number of esters is 1. The van der Waals surface area contributed by atoms with Gasteiger partial charge < -0.3 is 14.7 Å². The number of fused-ring (bicyclic) bond motifs is 1. The molecular formula is C14H19NO3. The van der Waals surface area contributed by atoms with Crippen molar-refractivity contribution in [3.63, 3.8) is 0 Å². The van der Waals surface area contributed by atoms with Gasteiger partial charge in [0, 0.05) is 24.3 Å². The number of carbonyl (C=O) groups is 1. The third-order valence-electron chi connectivity index (χ3n) is 3.21. The molecule has 0 saturated carbocycles. The predicted molar refractivity (Wildman–Crippen MR) is 69.9 cm³/mol. The molecule has 0 atom stereocenters. The molecule has 1 N–H and O–H groups in total. The third-order valence-corrected chi connectivity index (χ3v) is 3.21. The molecule has 1 aromatic rings. The number of phenols is 1. The maximum absolute atomic E-state index is 11.4. The normalized spacial score (nSPS) is 14.2. The van der Waals surface area contributed by atoms with E-state index in [0.717, 1.165) is 30.6 Å². The summed E-state index contributed by atoms with van der Waals surface area (Å²) in [6, 6.07) is 5.56. The minimum absolute atomic E-state index is 0.162. The Hall–Kier alpha value is -1.71. The van der Waals surface area contributed by atoms with Crippen LogP contribution in [-0.4, -0.2) is 30.8 Å². The number of anilines is 1. The highest BCUT2D eigenvalue weighted by molar-refractivity contribution is 5.70. The highest BCUT2D eigenvalue weighted by Gasteiger charge is 2.19. The summed E-state index contributed by atoms with van der Waals surface area (Å²) >= 11 is 0. The molecule has 1 aliphatic heterocycles. The summed E-state index contributed by atoms with van der Waals surface area (Å²) in [5.74, 6) is 0.193. The first-order valence-corrected chi connectivity index (χ1v) is 6.43. The summed E-state index contributed by atoms with van der Waals surface area (Å²) < 4.78 is 4.93. The minimum Gasteiger partial charge on any atom is -0.508 e. The van der Waals surface area contributed by atoms with Crippen LogP contribution in [0.25, 0.3) is 0 Å². The molecule has 0 bridgehead atoms. The number of hydrogen-bond donors (Lipinski definition) is 1. The Balaban J connectivity index is 2.04. The van der Waals surface area contributed by atoms with E-state index in [2.05, 4.69) is 4.90 Å². The van der Waals surface area contributed by atoms with E-state index in [-0.39, 0.29) is 5.97 Å². The van der Waals surface area contributed by atoms with Gasteiger partial charge in [-0.05, 0) is 31.9 Å². The first kappa shape index (κ1) is 12.7. The number of aromatic hydroxyl groups is 1. The summed E-state index contributed by atoms with van der Waals surface area (Å²) in [7, 11) is 0. The average Bonchev–Trinajstić information content (AvgIpc) is 2.37. The number of phenolic OH excluding ortho intramolecular Hbond substituents is 1. The zero-order chi connectivity index (χ0) is 13.0. The zero-order valence-electron chi connectivity index (χ0n) is 10.7. The summed E-state index contributed by atoms with van der Waals surface area (Å²) in [6.45, 7) is 3.81. The molecular weight excluding hydrogens is 230 g/mol. The van der Waals surface area contributed by atoms with Gasteiger partial charge >= 0.3 is 5.97 Å². The van der Waals surface area contributed by atoms with Gasteiger partial charge in [0.1, 0.15) is 5.75 Å². The van der Waals surface area contributed by atoms with Crippen molar-refractivity contribution >= 4 is 11.7 Å².